The van der Waals surface area contributed by atoms with E-state index < -0.39 is 20.8 Å². The highest BCUT2D eigenvalue weighted by Gasteiger charge is 2.30. The number of anilines is 2. The van der Waals surface area contributed by atoms with E-state index in [4.69, 9.17) is 9.97 Å². The summed E-state index contributed by atoms with van der Waals surface area (Å²) in [5.74, 6) is 1.06. The van der Waals surface area contributed by atoms with Gasteiger partial charge in [-0.1, -0.05) is 45.2 Å². The molecule has 0 saturated carbocycles. The van der Waals surface area contributed by atoms with Crippen molar-refractivity contribution in [2.75, 3.05) is 42.9 Å². The topological polar surface area (TPSA) is 139 Å². The Kier molecular flexibility index (Phi) is 9.69. The fraction of sp³-hybridized carbons (Fsp3) is 0.433. The molecule has 5 rings (SSSR count). The molecule has 3 heterocycles. The molecule has 1 fully saturated rings. The van der Waals surface area contributed by atoms with E-state index in [1.807, 2.05) is 9.47 Å². The van der Waals surface area contributed by atoms with E-state index in [0.29, 0.717) is 48.5 Å². The fourth-order valence-electron chi connectivity index (χ4n) is 5.30. The number of fused-ring (bicyclic) bond motifs is 1. The lowest BCUT2D eigenvalue weighted by molar-refractivity contribution is -0.384. The average Bonchev–Trinajstić information content (AvgIpc) is 3.44. The van der Waals surface area contributed by atoms with Crippen molar-refractivity contribution in [3.05, 3.63) is 76.4 Å². The van der Waals surface area contributed by atoms with E-state index in [-0.39, 0.29) is 23.7 Å². The van der Waals surface area contributed by atoms with E-state index in [2.05, 4.69) is 24.1 Å². The van der Waals surface area contributed by atoms with Gasteiger partial charge in [0.2, 0.25) is 16.0 Å². The zero-order valence-corrected chi connectivity index (χ0v) is 25.7. The third kappa shape index (κ3) is 6.97. The molecule has 0 spiro atoms. The van der Waals surface area contributed by atoms with Crippen LogP contribution < -0.4 is 10.2 Å². The minimum absolute atomic E-state index is 0.0227. The maximum atomic E-state index is 13.4. The highest BCUT2D eigenvalue weighted by molar-refractivity contribution is 7.89. The van der Waals surface area contributed by atoms with Gasteiger partial charge in [0.15, 0.2) is 17.0 Å². The first-order valence-electron chi connectivity index (χ1n) is 14.9. The summed E-state index contributed by atoms with van der Waals surface area (Å²) < 4.78 is 43.0. The number of halogens is 1. The van der Waals surface area contributed by atoms with E-state index >= 15 is 0 Å². The molecule has 0 bridgehead atoms. The second-order valence-electron chi connectivity index (χ2n) is 11.0. The Morgan fingerprint density at radius 2 is 1.73 bits per heavy atom. The fourth-order valence-corrected chi connectivity index (χ4v) is 6.72. The van der Waals surface area contributed by atoms with Crippen LogP contribution in [0.15, 0.2) is 59.8 Å². The lowest BCUT2D eigenvalue weighted by atomic mass is 9.99. The summed E-state index contributed by atoms with van der Waals surface area (Å²) in [6.45, 7) is 6.70. The highest BCUT2D eigenvalue weighted by Crippen LogP contribution is 2.27. The van der Waals surface area contributed by atoms with Crippen LogP contribution in [0.2, 0.25) is 0 Å². The van der Waals surface area contributed by atoms with Gasteiger partial charge in [0.25, 0.3) is 5.69 Å². The zero-order valence-electron chi connectivity index (χ0n) is 24.9. The minimum Gasteiger partial charge on any atom is -0.368 e. The molecule has 0 aliphatic carbocycles. The number of sulfonamides is 1. The number of hydrogen-bond donors (Lipinski definition) is 1. The van der Waals surface area contributed by atoms with E-state index in [1.54, 1.807) is 18.5 Å². The van der Waals surface area contributed by atoms with Crippen molar-refractivity contribution >= 4 is 38.6 Å². The Morgan fingerprint density at radius 1 is 1.02 bits per heavy atom. The average molecular weight is 625 g/mol. The van der Waals surface area contributed by atoms with Crippen LogP contribution in [0.5, 0.6) is 0 Å². The number of imidazole rings is 1. The van der Waals surface area contributed by atoms with Crippen molar-refractivity contribution in [3.8, 4) is 0 Å². The largest absolute Gasteiger partial charge is 0.368 e. The van der Waals surface area contributed by atoms with Crippen molar-refractivity contribution in [2.24, 2.45) is 5.92 Å². The van der Waals surface area contributed by atoms with Gasteiger partial charge in [-0.25, -0.2) is 17.8 Å². The van der Waals surface area contributed by atoms with E-state index in [1.165, 1.54) is 28.6 Å². The standard InChI is InChI=1S/C30H37FN8O4S/c1-3-5-6-22(4-2)19-32-28-27-29(37(21-33-27)20-23-7-11-25(12-8-23)39(40)41)35-30(34-28)36-15-17-38(18-16-36)44(42,43)26-13-9-24(31)10-14-26/h7-14,21-22H,3-6,15-20H2,1-2H3,(H,32,34,35). The van der Waals surface area contributed by atoms with Crippen LogP contribution in [0.4, 0.5) is 21.8 Å². The number of nitrogens with one attached hydrogen (secondary N) is 1. The lowest BCUT2D eigenvalue weighted by Crippen LogP contribution is -2.49. The normalized spacial score (nSPS) is 15.0. The van der Waals surface area contributed by atoms with Gasteiger partial charge in [0, 0.05) is 44.9 Å². The first-order chi connectivity index (χ1) is 21.2. The Morgan fingerprint density at radius 3 is 2.36 bits per heavy atom. The van der Waals surface area contributed by atoms with Crippen molar-refractivity contribution in [1.82, 2.24) is 23.8 Å². The van der Waals surface area contributed by atoms with Crippen LogP contribution in [0.25, 0.3) is 11.2 Å². The van der Waals surface area contributed by atoms with Crippen LogP contribution in [0.1, 0.15) is 45.1 Å². The number of nitro benzene ring substituents is 1. The van der Waals surface area contributed by atoms with Gasteiger partial charge in [0.1, 0.15) is 5.82 Å². The summed E-state index contributed by atoms with van der Waals surface area (Å²) in [4.78, 5) is 27.0. The van der Waals surface area contributed by atoms with Gasteiger partial charge in [0.05, 0.1) is 22.7 Å². The van der Waals surface area contributed by atoms with Crippen LogP contribution in [-0.4, -0.2) is 69.9 Å². The summed E-state index contributed by atoms with van der Waals surface area (Å²) in [5, 5.41) is 14.6. The van der Waals surface area contributed by atoms with Crippen molar-refractivity contribution in [2.45, 2.75) is 51.0 Å². The third-order valence-electron chi connectivity index (χ3n) is 8.03. The van der Waals surface area contributed by atoms with E-state index in [0.717, 1.165) is 49.9 Å². The van der Waals surface area contributed by atoms with Gasteiger partial charge in [-0.3, -0.25) is 10.1 Å². The monoisotopic (exact) mass is 624 g/mol. The Bertz CT molecular complexity index is 1690. The van der Waals surface area contributed by atoms with Crippen LogP contribution in [0.3, 0.4) is 0 Å². The summed E-state index contributed by atoms with van der Waals surface area (Å²) in [7, 11) is -3.77. The maximum Gasteiger partial charge on any atom is 0.269 e. The van der Waals surface area contributed by atoms with Crippen molar-refractivity contribution < 1.29 is 17.7 Å². The molecular formula is C30H37FN8O4S. The first-order valence-corrected chi connectivity index (χ1v) is 16.3. The highest BCUT2D eigenvalue weighted by atomic mass is 32.2. The third-order valence-corrected chi connectivity index (χ3v) is 9.94. The molecule has 2 aromatic heterocycles. The number of unbranched alkanes of at least 4 members (excludes halogenated alkanes) is 1. The predicted molar refractivity (Wildman–Crippen MR) is 167 cm³/mol. The number of nitrogens with zero attached hydrogens (tertiary/aromatic N) is 7. The van der Waals surface area contributed by atoms with Gasteiger partial charge in [-0.2, -0.15) is 14.3 Å². The Balaban J connectivity index is 1.41. The molecule has 12 nitrogen and oxygen atoms in total. The van der Waals surface area contributed by atoms with Crippen LogP contribution >= 0.6 is 0 Å². The van der Waals surface area contributed by atoms with Gasteiger partial charge < -0.3 is 14.8 Å². The molecule has 1 aliphatic heterocycles. The maximum absolute atomic E-state index is 13.4. The number of piperazine rings is 1. The number of aromatic nitrogens is 4. The first kappa shape index (κ1) is 31.3. The molecule has 14 heteroatoms. The quantitative estimate of drug-likeness (QED) is 0.160. The number of benzene rings is 2. The van der Waals surface area contributed by atoms with Crippen LogP contribution in [-0.2, 0) is 16.6 Å². The SMILES string of the molecule is CCCCC(CC)CNc1nc(N2CCN(S(=O)(=O)c3ccc(F)cc3)CC2)nc2c1ncn2Cc1ccc([N+](=O)[O-])cc1. The van der Waals surface area contributed by atoms with Crippen LogP contribution in [0, 0.1) is 21.8 Å². The molecule has 1 aliphatic rings. The minimum atomic E-state index is -3.77. The smallest absolute Gasteiger partial charge is 0.269 e. The molecule has 2 aromatic carbocycles. The Labute approximate surface area is 256 Å². The number of nitro groups is 1. The second-order valence-corrected chi connectivity index (χ2v) is 12.9. The molecule has 44 heavy (non-hydrogen) atoms. The number of rotatable bonds is 13. The summed E-state index contributed by atoms with van der Waals surface area (Å²) in [5.41, 5.74) is 2.11. The predicted octanol–water partition coefficient (Wildman–Crippen LogP) is 5.06. The number of non-ortho nitro benzene ring substituents is 1. The van der Waals surface area contributed by atoms with E-state index in [9.17, 15) is 22.9 Å². The van der Waals surface area contributed by atoms with Gasteiger partial charge in [-0.15, -0.1) is 0 Å². The van der Waals surface area contributed by atoms with Crippen molar-refractivity contribution in [1.29, 1.82) is 0 Å². The molecule has 234 valence electrons. The molecular weight excluding hydrogens is 587 g/mol. The summed E-state index contributed by atoms with van der Waals surface area (Å²) >= 11 is 0. The van der Waals surface area contributed by atoms with Gasteiger partial charge in [-0.05, 0) is 42.2 Å². The second kappa shape index (κ2) is 13.6. The van der Waals surface area contributed by atoms with Crippen molar-refractivity contribution in [3.63, 3.8) is 0 Å². The van der Waals surface area contributed by atoms with Gasteiger partial charge >= 0.3 is 0 Å². The molecule has 1 N–H and O–H groups in total. The molecule has 1 atom stereocenters. The number of hydrogen-bond acceptors (Lipinski definition) is 9. The summed E-state index contributed by atoms with van der Waals surface area (Å²) in [6, 6.07) is 11.2. The zero-order chi connectivity index (χ0) is 31.3. The Hall–Kier alpha value is -4.17. The molecule has 1 saturated heterocycles. The molecule has 0 amide bonds. The lowest BCUT2D eigenvalue weighted by Gasteiger charge is -2.34. The molecule has 1 unspecified atom stereocenters. The molecule has 4 aromatic rings. The summed E-state index contributed by atoms with van der Waals surface area (Å²) in [6.07, 6.45) is 6.12. The molecule has 0 radical (unpaired) electrons.